The van der Waals surface area contributed by atoms with Crippen LogP contribution in [0.5, 0.6) is 0 Å². The summed E-state index contributed by atoms with van der Waals surface area (Å²) >= 11 is 1.62. The van der Waals surface area contributed by atoms with Crippen molar-refractivity contribution >= 4 is 23.3 Å². The number of carbonyl (C=O) groups is 1. The fourth-order valence-corrected chi connectivity index (χ4v) is 3.47. The zero-order chi connectivity index (χ0) is 16.2. The summed E-state index contributed by atoms with van der Waals surface area (Å²) in [4.78, 5) is 15.5. The number of ether oxygens (including phenoxy) is 1. The monoisotopic (exact) mass is 331 g/mol. The predicted octanol–water partition coefficient (Wildman–Crippen LogP) is 2.66. The quantitative estimate of drug-likeness (QED) is 0.792. The van der Waals surface area contributed by atoms with E-state index in [0.717, 1.165) is 16.1 Å². The van der Waals surface area contributed by atoms with Gasteiger partial charge in [-0.05, 0) is 24.4 Å². The molecule has 0 aliphatic carbocycles. The number of aryl methyl sites for hydroxylation is 1. The Labute approximate surface area is 140 Å². The molecule has 1 atom stereocenters. The highest BCUT2D eigenvalue weighted by molar-refractivity contribution is 7.10. The molecule has 23 heavy (non-hydrogen) atoms. The smallest absolute Gasteiger partial charge is 0.246 e. The fraction of sp³-hybridized carbons (Fsp3) is 0.412. The number of hydrogen-bond donors (Lipinski definition) is 0. The molecule has 2 aromatic rings. The summed E-state index contributed by atoms with van der Waals surface area (Å²) in [6.45, 7) is 4.51. The zero-order valence-electron chi connectivity index (χ0n) is 13.4. The van der Waals surface area contributed by atoms with Crippen molar-refractivity contribution in [3.05, 3.63) is 45.9 Å². The van der Waals surface area contributed by atoms with Gasteiger partial charge < -0.3 is 9.64 Å². The van der Waals surface area contributed by atoms with E-state index in [1.165, 1.54) is 0 Å². The average Bonchev–Trinajstić information content (AvgIpc) is 3.18. The van der Waals surface area contributed by atoms with E-state index in [1.54, 1.807) is 17.4 Å². The Hall–Kier alpha value is -1.92. The molecule has 0 saturated carbocycles. The molecule has 1 aliphatic heterocycles. The molecule has 1 amide bonds. The number of fused-ring (bicyclic) bond motifs is 1. The van der Waals surface area contributed by atoms with E-state index in [-0.39, 0.29) is 11.8 Å². The highest BCUT2D eigenvalue weighted by atomic mass is 32.1. The number of amides is 1. The van der Waals surface area contributed by atoms with Gasteiger partial charge in [0.15, 0.2) is 0 Å². The molecule has 3 heterocycles. The van der Waals surface area contributed by atoms with Gasteiger partial charge in [-0.25, -0.2) is 0 Å². The Morgan fingerprint density at radius 1 is 1.57 bits per heavy atom. The standard InChI is InChI=1S/C17H21N3O2S/c1-3-22-12-14-11-20(10-13-9-19(2)18-17(13)14)16(21)7-6-15-5-4-8-23-15/h4-9,14H,3,10-12H2,1-2H3/b7-6+/t14-/m0/s1. The van der Waals surface area contributed by atoms with Gasteiger partial charge in [-0.1, -0.05) is 6.07 Å². The summed E-state index contributed by atoms with van der Waals surface area (Å²) in [7, 11) is 1.92. The van der Waals surface area contributed by atoms with Crippen LogP contribution in [0.2, 0.25) is 0 Å². The van der Waals surface area contributed by atoms with E-state index < -0.39 is 0 Å². The van der Waals surface area contributed by atoms with Crippen LogP contribution in [0.15, 0.2) is 29.8 Å². The Balaban J connectivity index is 1.74. The average molecular weight is 331 g/mol. The predicted molar refractivity (Wildman–Crippen MR) is 91.2 cm³/mol. The Kier molecular flexibility index (Phi) is 4.93. The van der Waals surface area contributed by atoms with Crippen molar-refractivity contribution in [1.29, 1.82) is 0 Å². The molecule has 0 saturated heterocycles. The lowest BCUT2D eigenvalue weighted by molar-refractivity contribution is -0.127. The first-order chi connectivity index (χ1) is 11.2. The molecule has 5 nitrogen and oxygen atoms in total. The summed E-state index contributed by atoms with van der Waals surface area (Å²) in [6.07, 6.45) is 5.53. The van der Waals surface area contributed by atoms with Crippen molar-refractivity contribution in [3.8, 4) is 0 Å². The number of aromatic nitrogens is 2. The minimum atomic E-state index is 0.0365. The van der Waals surface area contributed by atoms with Gasteiger partial charge in [0.1, 0.15) is 0 Å². The molecule has 0 spiro atoms. The van der Waals surface area contributed by atoms with Crippen molar-refractivity contribution in [1.82, 2.24) is 14.7 Å². The molecule has 0 aromatic carbocycles. The summed E-state index contributed by atoms with van der Waals surface area (Å²) < 4.78 is 7.40. The molecule has 0 N–H and O–H groups in total. The van der Waals surface area contributed by atoms with Gasteiger partial charge in [-0.3, -0.25) is 9.48 Å². The number of hydrogen-bond acceptors (Lipinski definition) is 4. The second-order valence-electron chi connectivity index (χ2n) is 5.64. The topological polar surface area (TPSA) is 47.4 Å². The summed E-state index contributed by atoms with van der Waals surface area (Å²) in [5.41, 5.74) is 2.17. The van der Waals surface area contributed by atoms with Crippen molar-refractivity contribution in [3.63, 3.8) is 0 Å². The van der Waals surface area contributed by atoms with Gasteiger partial charge >= 0.3 is 0 Å². The molecule has 0 bridgehead atoms. The maximum atomic E-state index is 12.5. The molecule has 3 rings (SSSR count). The van der Waals surface area contributed by atoms with Crippen molar-refractivity contribution < 1.29 is 9.53 Å². The van der Waals surface area contributed by atoms with Gasteiger partial charge in [0.2, 0.25) is 5.91 Å². The molecular formula is C17H21N3O2S. The Morgan fingerprint density at radius 3 is 3.17 bits per heavy atom. The molecule has 2 aromatic heterocycles. The number of nitrogens with zero attached hydrogens (tertiary/aromatic N) is 3. The third-order valence-corrected chi connectivity index (χ3v) is 4.73. The van der Waals surface area contributed by atoms with Gasteiger partial charge in [0.05, 0.1) is 12.3 Å². The number of rotatable bonds is 5. The first-order valence-corrected chi connectivity index (χ1v) is 8.66. The number of carbonyl (C=O) groups excluding carboxylic acids is 1. The molecule has 6 heteroatoms. The molecule has 122 valence electrons. The van der Waals surface area contributed by atoms with E-state index in [9.17, 15) is 4.79 Å². The Bertz CT molecular complexity index is 691. The van der Waals surface area contributed by atoms with Gasteiger partial charge in [0.25, 0.3) is 0 Å². The highest BCUT2D eigenvalue weighted by Crippen LogP contribution is 2.27. The van der Waals surface area contributed by atoms with Crippen LogP contribution in [0.25, 0.3) is 6.08 Å². The van der Waals surface area contributed by atoms with Crippen LogP contribution in [-0.2, 0) is 23.1 Å². The van der Waals surface area contributed by atoms with Crippen molar-refractivity contribution in [2.45, 2.75) is 19.4 Å². The summed E-state index contributed by atoms with van der Waals surface area (Å²) in [5.74, 6) is 0.174. The third-order valence-electron chi connectivity index (χ3n) is 3.89. The largest absolute Gasteiger partial charge is 0.381 e. The highest BCUT2D eigenvalue weighted by Gasteiger charge is 2.30. The lowest BCUT2D eigenvalue weighted by Gasteiger charge is -2.31. The van der Waals surface area contributed by atoms with Crippen molar-refractivity contribution in [2.75, 3.05) is 19.8 Å². The number of thiophene rings is 1. The first kappa shape index (κ1) is 16.0. The molecule has 0 fully saturated rings. The van der Waals surface area contributed by atoms with E-state index in [1.807, 2.05) is 53.3 Å². The third kappa shape index (κ3) is 3.71. The van der Waals surface area contributed by atoms with Gasteiger partial charge in [0, 0.05) is 55.4 Å². The van der Waals surface area contributed by atoms with Crippen LogP contribution >= 0.6 is 11.3 Å². The molecule has 1 aliphatic rings. The molecule has 0 radical (unpaired) electrons. The minimum absolute atomic E-state index is 0.0365. The first-order valence-electron chi connectivity index (χ1n) is 7.78. The van der Waals surface area contributed by atoms with Gasteiger partial charge in [-0.15, -0.1) is 11.3 Å². The molecule has 0 unspecified atom stereocenters. The lowest BCUT2D eigenvalue weighted by Crippen LogP contribution is -2.38. The lowest BCUT2D eigenvalue weighted by atomic mass is 9.97. The van der Waals surface area contributed by atoms with E-state index in [0.29, 0.717) is 26.3 Å². The van der Waals surface area contributed by atoms with Crippen LogP contribution in [-0.4, -0.2) is 40.3 Å². The summed E-state index contributed by atoms with van der Waals surface area (Å²) in [6, 6.07) is 3.98. The van der Waals surface area contributed by atoms with E-state index in [4.69, 9.17) is 4.74 Å². The normalized spacial score (nSPS) is 17.7. The molecular weight excluding hydrogens is 310 g/mol. The maximum absolute atomic E-state index is 12.5. The second kappa shape index (κ2) is 7.10. The van der Waals surface area contributed by atoms with E-state index >= 15 is 0 Å². The fourth-order valence-electron chi connectivity index (χ4n) is 2.85. The van der Waals surface area contributed by atoms with Crippen LogP contribution < -0.4 is 0 Å². The zero-order valence-corrected chi connectivity index (χ0v) is 14.3. The van der Waals surface area contributed by atoms with Crippen LogP contribution in [0, 0.1) is 0 Å². The van der Waals surface area contributed by atoms with E-state index in [2.05, 4.69) is 5.10 Å². The SMILES string of the molecule is CCOC[C@@H]1CN(C(=O)/C=C/c2cccs2)Cc2cn(C)nc21. The Morgan fingerprint density at radius 2 is 2.43 bits per heavy atom. The maximum Gasteiger partial charge on any atom is 0.246 e. The minimum Gasteiger partial charge on any atom is -0.381 e. The van der Waals surface area contributed by atoms with Crippen molar-refractivity contribution in [2.24, 2.45) is 7.05 Å². The van der Waals surface area contributed by atoms with Crippen LogP contribution in [0.4, 0.5) is 0 Å². The van der Waals surface area contributed by atoms with Crippen LogP contribution in [0.3, 0.4) is 0 Å². The second-order valence-corrected chi connectivity index (χ2v) is 6.62. The summed E-state index contributed by atoms with van der Waals surface area (Å²) in [5, 5.41) is 6.55. The van der Waals surface area contributed by atoms with Gasteiger partial charge in [-0.2, -0.15) is 5.10 Å². The van der Waals surface area contributed by atoms with Crippen LogP contribution in [0.1, 0.15) is 29.0 Å².